The smallest absolute Gasteiger partial charge is 0.380 e. The largest absolute Gasteiger partial charge is 0.417 e. The molecule has 0 aliphatic heterocycles. The standard InChI is InChI=1S/C13H20F3NO2/c1-12(19,13(14,15)16)9-11(18)17-8-7-10-5-3-2-4-6-10/h5,19H,2-4,6-9H2,1H3,(H,17,18)/t12-/m0/s1. The number of alkyl halides is 3. The fraction of sp³-hybridized carbons (Fsp3) is 0.769. The summed E-state index contributed by atoms with van der Waals surface area (Å²) in [5.74, 6) is -0.779. The number of aliphatic hydroxyl groups is 1. The average Bonchev–Trinajstić information content (AvgIpc) is 2.28. The molecule has 0 aromatic rings. The van der Waals surface area contributed by atoms with Gasteiger partial charge in [-0.15, -0.1) is 0 Å². The van der Waals surface area contributed by atoms with Gasteiger partial charge < -0.3 is 10.4 Å². The van der Waals surface area contributed by atoms with Crippen LogP contribution in [0.2, 0.25) is 0 Å². The van der Waals surface area contributed by atoms with Crippen molar-refractivity contribution in [1.29, 1.82) is 0 Å². The summed E-state index contributed by atoms with van der Waals surface area (Å²) in [4.78, 5) is 11.4. The number of carbonyl (C=O) groups excluding carboxylic acids is 1. The van der Waals surface area contributed by atoms with Gasteiger partial charge in [-0.3, -0.25) is 4.79 Å². The number of rotatable bonds is 5. The topological polar surface area (TPSA) is 49.3 Å². The molecule has 1 rings (SSSR count). The Morgan fingerprint density at radius 2 is 2.11 bits per heavy atom. The first-order valence-electron chi connectivity index (χ1n) is 6.46. The van der Waals surface area contributed by atoms with E-state index in [0.29, 0.717) is 19.9 Å². The summed E-state index contributed by atoms with van der Waals surface area (Å²) < 4.78 is 37.1. The number of hydrogen-bond acceptors (Lipinski definition) is 2. The molecule has 19 heavy (non-hydrogen) atoms. The summed E-state index contributed by atoms with van der Waals surface area (Å²) in [5.41, 5.74) is -1.73. The van der Waals surface area contributed by atoms with Crippen LogP contribution in [-0.4, -0.2) is 29.3 Å². The van der Waals surface area contributed by atoms with Crippen LogP contribution in [0.25, 0.3) is 0 Å². The highest BCUT2D eigenvalue weighted by atomic mass is 19.4. The molecule has 0 aromatic heterocycles. The fourth-order valence-corrected chi connectivity index (χ4v) is 1.97. The zero-order valence-corrected chi connectivity index (χ0v) is 11.0. The van der Waals surface area contributed by atoms with E-state index >= 15 is 0 Å². The fourth-order valence-electron chi connectivity index (χ4n) is 1.97. The molecule has 0 saturated heterocycles. The van der Waals surface area contributed by atoms with Gasteiger partial charge in [-0.1, -0.05) is 11.6 Å². The highest BCUT2D eigenvalue weighted by Crippen LogP contribution is 2.32. The van der Waals surface area contributed by atoms with E-state index in [1.165, 1.54) is 12.0 Å². The number of hydrogen-bond donors (Lipinski definition) is 2. The lowest BCUT2D eigenvalue weighted by molar-refractivity contribution is -0.253. The molecule has 3 nitrogen and oxygen atoms in total. The van der Waals surface area contributed by atoms with Gasteiger partial charge in [-0.2, -0.15) is 13.2 Å². The lowest BCUT2D eigenvalue weighted by Gasteiger charge is -2.25. The molecule has 1 amide bonds. The second-order valence-corrected chi connectivity index (χ2v) is 5.16. The Bertz CT molecular complexity index is 348. The predicted octanol–water partition coefficient (Wildman–Crippen LogP) is 2.70. The molecule has 0 bridgehead atoms. The van der Waals surface area contributed by atoms with E-state index in [0.717, 1.165) is 19.3 Å². The van der Waals surface area contributed by atoms with Crippen LogP contribution in [0.1, 0.15) is 45.4 Å². The summed E-state index contributed by atoms with van der Waals surface area (Å²) in [6.07, 6.45) is 1.36. The van der Waals surface area contributed by atoms with Gasteiger partial charge in [0, 0.05) is 6.54 Å². The molecule has 0 unspecified atom stereocenters. The maximum atomic E-state index is 12.4. The average molecular weight is 279 g/mol. The molecular formula is C13H20F3NO2. The Morgan fingerprint density at radius 1 is 1.42 bits per heavy atom. The van der Waals surface area contributed by atoms with E-state index < -0.39 is 24.1 Å². The molecule has 110 valence electrons. The molecule has 0 fully saturated rings. The van der Waals surface area contributed by atoms with Crippen LogP contribution >= 0.6 is 0 Å². The SMILES string of the molecule is C[C@](O)(CC(=O)NCCC1=CCCCC1)C(F)(F)F. The van der Waals surface area contributed by atoms with Crippen molar-refractivity contribution in [1.82, 2.24) is 5.32 Å². The van der Waals surface area contributed by atoms with Crippen LogP contribution in [0.4, 0.5) is 13.2 Å². The second-order valence-electron chi connectivity index (χ2n) is 5.16. The third-order valence-electron chi connectivity index (χ3n) is 3.27. The second kappa shape index (κ2) is 6.41. The lowest BCUT2D eigenvalue weighted by Crippen LogP contribution is -2.46. The number of halogens is 3. The normalized spacial score (nSPS) is 19.5. The first kappa shape index (κ1) is 16.0. The van der Waals surface area contributed by atoms with Gasteiger partial charge in [0.05, 0.1) is 6.42 Å². The molecule has 1 aliphatic carbocycles. The summed E-state index contributed by atoms with van der Waals surface area (Å²) in [6.45, 7) is 0.925. The summed E-state index contributed by atoms with van der Waals surface area (Å²) in [6, 6.07) is 0. The maximum Gasteiger partial charge on any atom is 0.417 e. The van der Waals surface area contributed by atoms with E-state index in [-0.39, 0.29) is 0 Å². The predicted molar refractivity (Wildman–Crippen MR) is 65.5 cm³/mol. The van der Waals surface area contributed by atoms with Gasteiger partial charge in [-0.05, 0) is 39.0 Å². The molecule has 0 aromatic carbocycles. The minimum Gasteiger partial charge on any atom is -0.380 e. The molecule has 1 aliphatic rings. The van der Waals surface area contributed by atoms with Crippen LogP contribution < -0.4 is 5.32 Å². The van der Waals surface area contributed by atoms with Crippen molar-refractivity contribution < 1.29 is 23.1 Å². The highest BCUT2D eigenvalue weighted by molar-refractivity contribution is 5.77. The van der Waals surface area contributed by atoms with E-state index in [1.54, 1.807) is 0 Å². The summed E-state index contributed by atoms with van der Waals surface area (Å²) in [5, 5.41) is 11.6. The number of carbonyl (C=O) groups is 1. The number of allylic oxidation sites excluding steroid dienone is 1. The van der Waals surface area contributed by atoms with Crippen LogP contribution in [-0.2, 0) is 4.79 Å². The van der Waals surface area contributed by atoms with Gasteiger partial charge >= 0.3 is 6.18 Å². The summed E-state index contributed by atoms with van der Waals surface area (Å²) >= 11 is 0. The molecule has 0 radical (unpaired) electrons. The van der Waals surface area contributed by atoms with E-state index in [1.807, 2.05) is 0 Å². The van der Waals surface area contributed by atoms with Crippen molar-refractivity contribution in [2.24, 2.45) is 0 Å². The lowest BCUT2D eigenvalue weighted by atomic mass is 9.97. The minimum atomic E-state index is -4.80. The molecule has 2 N–H and O–H groups in total. The highest BCUT2D eigenvalue weighted by Gasteiger charge is 2.50. The van der Waals surface area contributed by atoms with E-state index in [4.69, 9.17) is 0 Å². The molecule has 6 heteroatoms. The van der Waals surface area contributed by atoms with Gasteiger partial charge in [0.1, 0.15) is 0 Å². The zero-order valence-electron chi connectivity index (χ0n) is 11.0. The minimum absolute atomic E-state index is 0.318. The first-order chi connectivity index (χ1) is 8.72. The van der Waals surface area contributed by atoms with Crippen LogP contribution in [0.3, 0.4) is 0 Å². The van der Waals surface area contributed by atoms with Gasteiger partial charge in [0.25, 0.3) is 0 Å². The first-order valence-corrected chi connectivity index (χ1v) is 6.46. The van der Waals surface area contributed by atoms with Crippen molar-refractivity contribution >= 4 is 5.91 Å². The molecular weight excluding hydrogens is 259 g/mol. The van der Waals surface area contributed by atoms with Gasteiger partial charge in [0.15, 0.2) is 5.60 Å². The Hall–Kier alpha value is -1.04. The zero-order chi connectivity index (χ0) is 14.5. The van der Waals surface area contributed by atoms with Crippen molar-refractivity contribution in [2.45, 2.75) is 57.2 Å². The van der Waals surface area contributed by atoms with E-state index in [2.05, 4.69) is 11.4 Å². The Labute approximate surface area is 110 Å². The van der Waals surface area contributed by atoms with Crippen LogP contribution in [0, 0.1) is 0 Å². The van der Waals surface area contributed by atoms with Crippen molar-refractivity contribution in [3.8, 4) is 0 Å². The third kappa shape index (κ3) is 5.22. The van der Waals surface area contributed by atoms with Crippen molar-refractivity contribution in [3.63, 3.8) is 0 Å². The molecule has 0 spiro atoms. The monoisotopic (exact) mass is 279 g/mol. The van der Waals surface area contributed by atoms with Crippen LogP contribution in [0.15, 0.2) is 11.6 Å². The number of amides is 1. The molecule has 0 saturated carbocycles. The quantitative estimate of drug-likeness (QED) is 0.760. The van der Waals surface area contributed by atoms with Crippen LogP contribution in [0.5, 0.6) is 0 Å². The van der Waals surface area contributed by atoms with Gasteiger partial charge in [0.2, 0.25) is 5.91 Å². The Kier molecular flexibility index (Phi) is 5.40. The Morgan fingerprint density at radius 3 is 2.63 bits per heavy atom. The summed E-state index contributed by atoms with van der Waals surface area (Å²) in [7, 11) is 0. The molecule has 0 heterocycles. The van der Waals surface area contributed by atoms with Crippen molar-refractivity contribution in [3.05, 3.63) is 11.6 Å². The molecule has 1 atom stereocenters. The maximum absolute atomic E-state index is 12.4. The van der Waals surface area contributed by atoms with E-state index in [9.17, 15) is 23.1 Å². The number of nitrogens with one attached hydrogen (secondary N) is 1. The Balaban J connectivity index is 2.30. The third-order valence-corrected chi connectivity index (χ3v) is 3.27. The van der Waals surface area contributed by atoms with Gasteiger partial charge in [-0.25, -0.2) is 0 Å². The van der Waals surface area contributed by atoms with Crippen molar-refractivity contribution in [2.75, 3.05) is 6.54 Å².